The van der Waals surface area contributed by atoms with E-state index in [4.69, 9.17) is 11.6 Å². The van der Waals surface area contributed by atoms with Crippen LogP contribution in [0, 0.1) is 0 Å². The highest BCUT2D eigenvalue weighted by atomic mass is 35.5. The summed E-state index contributed by atoms with van der Waals surface area (Å²) in [5, 5.41) is 0.531. The average Bonchev–Trinajstić information content (AvgIpc) is 2.53. The van der Waals surface area contributed by atoms with E-state index in [1.807, 2.05) is 37.1 Å². The minimum absolute atomic E-state index is 0.236. The third-order valence-corrected chi connectivity index (χ3v) is 4.36. The molecule has 0 saturated carbocycles. The van der Waals surface area contributed by atoms with E-state index in [-0.39, 0.29) is 5.91 Å². The minimum atomic E-state index is 0.236. The highest BCUT2D eigenvalue weighted by Gasteiger charge is 2.20. The van der Waals surface area contributed by atoms with E-state index in [0.717, 1.165) is 45.8 Å². The first kappa shape index (κ1) is 17.2. The average molecular weight is 325 g/mol. The van der Waals surface area contributed by atoms with Crippen LogP contribution in [0.15, 0.2) is 18.3 Å². The summed E-state index contributed by atoms with van der Waals surface area (Å²) < 4.78 is 0. The molecular formula is C16H25ClN4O. The molecule has 0 radical (unpaired) electrons. The van der Waals surface area contributed by atoms with E-state index in [0.29, 0.717) is 11.7 Å². The zero-order chi connectivity index (χ0) is 15.9. The molecule has 1 saturated heterocycles. The monoisotopic (exact) mass is 324 g/mol. The van der Waals surface area contributed by atoms with Crippen molar-refractivity contribution in [1.29, 1.82) is 0 Å². The van der Waals surface area contributed by atoms with Crippen molar-refractivity contribution in [3.63, 3.8) is 0 Å². The fourth-order valence-corrected chi connectivity index (χ4v) is 2.84. The molecule has 0 unspecified atom stereocenters. The van der Waals surface area contributed by atoms with Crippen LogP contribution in [0.2, 0.25) is 5.15 Å². The Bertz CT molecular complexity index is 468. The molecule has 1 aliphatic rings. The van der Waals surface area contributed by atoms with Crippen molar-refractivity contribution in [2.75, 3.05) is 45.8 Å². The lowest BCUT2D eigenvalue weighted by Gasteiger charge is -2.35. The molecule has 1 aromatic heterocycles. The molecule has 1 amide bonds. The van der Waals surface area contributed by atoms with Gasteiger partial charge in [-0.2, -0.15) is 0 Å². The van der Waals surface area contributed by atoms with Crippen LogP contribution < -0.4 is 0 Å². The largest absolute Gasteiger partial charge is 0.342 e. The number of amides is 1. The van der Waals surface area contributed by atoms with Crippen LogP contribution in [0.4, 0.5) is 0 Å². The number of likely N-dealkylation sites (N-methyl/N-ethyl adjacent to an activating group) is 1. The van der Waals surface area contributed by atoms with Crippen molar-refractivity contribution in [2.24, 2.45) is 0 Å². The molecule has 22 heavy (non-hydrogen) atoms. The predicted molar refractivity (Wildman–Crippen MR) is 88.9 cm³/mol. The van der Waals surface area contributed by atoms with Gasteiger partial charge in [0.15, 0.2) is 0 Å². The molecule has 2 rings (SSSR count). The quantitative estimate of drug-likeness (QED) is 0.747. The molecule has 0 aliphatic carbocycles. The van der Waals surface area contributed by atoms with Crippen LogP contribution in [0.25, 0.3) is 0 Å². The van der Waals surface area contributed by atoms with Crippen molar-refractivity contribution < 1.29 is 4.79 Å². The van der Waals surface area contributed by atoms with Crippen molar-refractivity contribution in [3.05, 3.63) is 29.0 Å². The van der Waals surface area contributed by atoms with Gasteiger partial charge in [-0.25, -0.2) is 4.98 Å². The molecule has 0 spiro atoms. The Kier molecular flexibility index (Phi) is 6.61. The lowest BCUT2D eigenvalue weighted by atomic mass is 10.2. The van der Waals surface area contributed by atoms with Gasteiger partial charge in [0.2, 0.25) is 5.91 Å². The summed E-state index contributed by atoms with van der Waals surface area (Å²) in [6.45, 7) is 10.9. The van der Waals surface area contributed by atoms with Gasteiger partial charge in [-0.1, -0.05) is 17.7 Å². The number of piperazine rings is 1. The van der Waals surface area contributed by atoms with Crippen LogP contribution in [0.1, 0.15) is 19.4 Å². The van der Waals surface area contributed by atoms with E-state index in [1.54, 1.807) is 0 Å². The van der Waals surface area contributed by atoms with Gasteiger partial charge in [0.25, 0.3) is 0 Å². The second-order valence-corrected chi connectivity index (χ2v) is 5.99. The van der Waals surface area contributed by atoms with Gasteiger partial charge in [0.05, 0.1) is 6.54 Å². The van der Waals surface area contributed by atoms with Gasteiger partial charge in [-0.05, 0) is 25.5 Å². The van der Waals surface area contributed by atoms with Gasteiger partial charge < -0.3 is 4.90 Å². The number of carbonyl (C=O) groups excluding carboxylic acids is 1. The highest BCUT2D eigenvalue weighted by Crippen LogP contribution is 2.10. The van der Waals surface area contributed by atoms with Gasteiger partial charge >= 0.3 is 0 Å². The zero-order valence-corrected chi connectivity index (χ0v) is 14.2. The standard InChI is InChI=1S/C16H25ClN4O/c1-3-21(4-2)16(22)13-20-9-7-19(8-10-20)12-14-5-6-15(17)18-11-14/h5-6,11H,3-4,7-10,12-13H2,1-2H3. The van der Waals surface area contributed by atoms with E-state index >= 15 is 0 Å². The molecule has 6 heteroatoms. The van der Waals surface area contributed by atoms with Crippen molar-refractivity contribution in [2.45, 2.75) is 20.4 Å². The number of pyridine rings is 1. The van der Waals surface area contributed by atoms with Crippen LogP contribution in [0.5, 0.6) is 0 Å². The molecule has 0 bridgehead atoms. The van der Waals surface area contributed by atoms with E-state index < -0.39 is 0 Å². The van der Waals surface area contributed by atoms with Crippen molar-refractivity contribution in [1.82, 2.24) is 19.7 Å². The summed E-state index contributed by atoms with van der Waals surface area (Å²) >= 11 is 5.80. The fraction of sp³-hybridized carbons (Fsp3) is 0.625. The SMILES string of the molecule is CCN(CC)C(=O)CN1CCN(Cc2ccc(Cl)nc2)CC1. The molecule has 122 valence electrons. The number of aromatic nitrogens is 1. The summed E-state index contributed by atoms with van der Waals surface area (Å²) in [6.07, 6.45) is 1.83. The third kappa shape index (κ3) is 4.93. The second-order valence-electron chi connectivity index (χ2n) is 5.61. The maximum absolute atomic E-state index is 12.1. The zero-order valence-electron chi connectivity index (χ0n) is 13.5. The smallest absolute Gasteiger partial charge is 0.236 e. The predicted octanol–water partition coefficient (Wildman–Crippen LogP) is 1.72. The minimum Gasteiger partial charge on any atom is -0.342 e. The summed E-state index contributed by atoms with van der Waals surface area (Å²) in [6, 6.07) is 3.85. The summed E-state index contributed by atoms with van der Waals surface area (Å²) in [7, 11) is 0. The van der Waals surface area contributed by atoms with Gasteiger partial charge in [0, 0.05) is 52.0 Å². The molecule has 2 heterocycles. The van der Waals surface area contributed by atoms with Crippen molar-refractivity contribution >= 4 is 17.5 Å². The summed E-state index contributed by atoms with van der Waals surface area (Å²) in [4.78, 5) is 22.8. The van der Waals surface area contributed by atoms with Crippen LogP contribution >= 0.6 is 11.6 Å². The fourth-order valence-electron chi connectivity index (χ4n) is 2.73. The number of halogens is 1. The normalized spacial score (nSPS) is 16.7. The van der Waals surface area contributed by atoms with Crippen molar-refractivity contribution in [3.8, 4) is 0 Å². The molecule has 5 nitrogen and oxygen atoms in total. The lowest BCUT2D eigenvalue weighted by molar-refractivity contribution is -0.132. The summed E-state index contributed by atoms with van der Waals surface area (Å²) in [5.74, 6) is 0.236. The van der Waals surface area contributed by atoms with Gasteiger partial charge in [-0.3, -0.25) is 14.6 Å². The Morgan fingerprint density at radius 3 is 2.36 bits per heavy atom. The number of hydrogen-bond acceptors (Lipinski definition) is 4. The van der Waals surface area contributed by atoms with E-state index in [2.05, 4.69) is 14.8 Å². The molecule has 1 aliphatic heterocycles. The van der Waals surface area contributed by atoms with Crippen LogP contribution in [0.3, 0.4) is 0 Å². The highest BCUT2D eigenvalue weighted by molar-refractivity contribution is 6.29. The van der Waals surface area contributed by atoms with E-state index in [9.17, 15) is 4.79 Å². The Morgan fingerprint density at radius 1 is 1.18 bits per heavy atom. The van der Waals surface area contributed by atoms with Crippen LogP contribution in [-0.4, -0.2) is 71.4 Å². The first-order valence-electron chi connectivity index (χ1n) is 7.95. The number of carbonyl (C=O) groups is 1. The Hall–Kier alpha value is -1.17. The maximum atomic E-state index is 12.1. The molecule has 0 atom stereocenters. The molecular weight excluding hydrogens is 300 g/mol. The lowest BCUT2D eigenvalue weighted by Crippen LogP contribution is -2.49. The first-order chi connectivity index (χ1) is 10.6. The molecule has 0 N–H and O–H groups in total. The van der Waals surface area contributed by atoms with Gasteiger partial charge in [0.1, 0.15) is 5.15 Å². The maximum Gasteiger partial charge on any atom is 0.236 e. The number of rotatable bonds is 6. The molecule has 0 aromatic carbocycles. The first-order valence-corrected chi connectivity index (χ1v) is 8.33. The van der Waals surface area contributed by atoms with Gasteiger partial charge in [-0.15, -0.1) is 0 Å². The molecule has 1 fully saturated rings. The Labute approximate surface area is 137 Å². The summed E-state index contributed by atoms with van der Waals surface area (Å²) in [5.41, 5.74) is 1.18. The third-order valence-electron chi connectivity index (χ3n) is 4.13. The second kappa shape index (κ2) is 8.46. The topological polar surface area (TPSA) is 39.7 Å². The number of nitrogens with zero attached hydrogens (tertiary/aromatic N) is 4. The van der Waals surface area contributed by atoms with E-state index in [1.165, 1.54) is 5.56 Å². The number of hydrogen-bond donors (Lipinski definition) is 0. The Balaban J connectivity index is 1.75. The molecule has 1 aromatic rings. The van der Waals surface area contributed by atoms with Crippen LogP contribution in [-0.2, 0) is 11.3 Å². The Morgan fingerprint density at radius 2 is 1.82 bits per heavy atom.